The Morgan fingerprint density at radius 1 is 1.45 bits per heavy atom. The van der Waals surface area contributed by atoms with Crippen LogP contribution in [0.4, 0.5) is 13.6 Å². The van der Waals surface area contributed by atoms with Crippen molar-refractivity contribution in [2.75, 3.05) is 13.1 Å². The van der Waals surface area contributed by atoms with E-state index in [0.29, 0.717) is 0 Å². The lowest BCUT2D eigenvalue weighted by Crippen LogP contribution is -2.52. The summed E-state index contributed by atoms with van der Waals surface area (Å²) in [4.78, 5) is 11.6. The van der Waals surface area contributed by atoms with Gasteiger partial charge in [-0.15, -0.1) is 0 Å². The average Bonchev–Trinajstić information content (AvgIpc) is 2.29. The zero-order valence-corrected chi connectivity index (χ0v) is 6.37. The number of rotatable bonds is 0. The van der Waals surface area contributed by atoms with Crippen LogP contribution in [0, 0.1) is 5.41 Å². The lowest BCUT2D eigenvalue weighted by atomic mass is 9.97. The van der Waals surface area contributed by atoms with E-state index in [1.165, 1.54) is 4.90 Å². The largest absolute Gasteiger partial charge is 0.328 e. The predicted octanol–water partition coefficient (Wildman–Crippen LogP) is 1.69. The first kappa shape index (κ1) is 7.28. The molecule has 62 valence electrons. The van der Waals surface area contributed by atoms with Crippen molar-refractivity contribution >= 4 is 17.0 Å². The van der Waals surface area contributed by atoms with E-state index in [2.05, 4.69) is 0 Å². The predicted molar refractivity (Wildman–Crippen MR) is 34.8 cm³/mol. The summed E-state index contributed by atoms with van der Waals surface area (Å²) in [5.41, 5.74) is -0.891. The smallest absolute Gasteiger partial charge is 0.316 e. The number of halogens is 3. The molecule has 2 rings (SSSR count). The van der Waals surface area contributed by atoms with Crippen molar-refractivity contribution in [3.63, 3.8) is 0 Å². The quantitative estimate of drug-likeness (QED) is 0.411. The number of hydrogen-bond acceptors (Lipinski definition) is 1. The SMILES string of the molecule is O=C(Cl)N1CC2(C1)CC2(F)F. The molecule has 1 aliphatic carbocycles. The van der Waals surface area contributed by atoms with E-state index in [9.17, 15) is 13.6 Å². The van der Waals surface area contributed by atoms with E-state index in [-0.39, 0.29) is 19.5 Å². The summed E-state index contributed by atoms with van der Waals surface area (Å²) in [5.74, 6) is -2.55. The number of amides is 1. The van der Waals surface area contributed by atoms with Gasteiger partial charge in [0.05, 0.1) is 5.41 Å². The highest BCUT2D eigenvalue weighted by Gasteiger charge is 2.76. The maximum atomic E-state index is 12.5. The molecule has 0 radical (unpaired) electrons. The maximum absolute atomic E-state index is 12.5. The molecule has 0 unspecified atom stereocenters. The number of carbonyl (C=O) groups excluding carboxylic acids is 1. The molecule has 0 N–H and O–H groups in total. The van der Waals surface area contributed by atoms with E-state index >= 15 is 0 Å². The first-order chi connectivity index (χ1) is 4.97. The second-order valence-corrected chi connectivity index (χ2v) is 3.59. The highest BCUT2D eigenvalue weighted by molar-refractivity contribution is 6.62. The molecule has 0 bridgehead atoms. The Kier molecular flexibility index (Phi) is 1.11. The third-order valence-electron chi connectivity index (χ3n) is 2.45. The summed E-state index contributed by atoms with van der Waals surface area (Å²) in [6.07, 6.45) is -0.0827. The van der Waals surface area contributed by atoms with Gasteiger partial charge in [-0.05, 0) is 11.6 Å². The van der Waals surface area contributed by atoms with Crippen molar-refractivity contribution in [3.05, 3.63) is 0 Å². The Labute approximate surface area is 67.1 Å². The van der Waals surface area contributed by atoms with Crippen LogP contribution in [0.15, 0.2) is 0 Å². The average molecular weight is 182 g/mol. The molecule has 2 aliphatic rings. The van der Waals surface area contributed by atoms with Gasteiger partial charge in [0.1, 0.15) is 0 Å². The van der Waals surface area contributed by atoms with Gasteiger partial charge in [0.2, 0.25) is 0 Å². The summed E-state index contributed by atoms with van der Waals surface area (Å²) < 4.78 is 25.0. The van der Waals surface area contributed by atoms with Crippen LogP contribution in [-0.4, -0.2) is 29.3 Å². The topological polar surface area (TPSA) is 20.3 Å². The van der Waals surface area contributed by atoms with Gasteiger partial charge in [0.15, 0.2) is 0 Å². The van der Waals surface area contributed by atoms with Crippen molar-refractivity contribution in [1.29, 1.82) is 0 Å². The van der Waals surface area contributed by atoms with Crippen LogP contribution >= 0.6 is 11.6 Å². The molecule has 0 aromatic heterocycles. The van der Waals surface area contributed by atoms with Gasteiger partial charge in [0.25, 0.3) is 5.92 Å². The van der Waals surface area contributed by atoms with E-state index < -0.39 is 16.7 Å². The highest BCUT2D eigenvalue weighted by atomic mass is 35.5. The normalized spacial score (nSPS) is 29.9. The van der Waals surface area contributed by atoms with Gasteiger partial charge in [-0.1, -0.05) is 0 Å². The molecule has 11 heavy (non-hydrogen) atoms. The molecule has 5 heteroatoms. The number of likely N-dealkylation sites (tertiary alicyclic amines) is 1. The fourth-order valence-corrected chi connectivity index (χ4v) is 1.65. The Morgan fingerprint density at radius 3 is 2.18 bits per heavy atom. The number of carbonyl (C=O) groups is 1. The second-order valence-electron chi connectivity index (χ2n) is 3.27. The molecule has 1 saturated carbocycles. The zero-order valence-electron chi connectivity index (χ0n) is 5.61. The summed E-state index contributed by atoms with van der Waals surface area (Å²) in [6.45, 7) is 0.255. The zero-order chi connectivity index (χ0) is 8.28. The van der Waals surface area contributed by atoms with E-state index in [0.717, 1.165) is 0 Å². The molecule has 0 aromatic carbocycles. The Morgan fingerprint density at radius 2 is 1.91 bits per heavy atom. The van der Waals surface area contributed by atoms with Crippen LogP contribution in [0.3, 0.4) is 0 Å². The van der Waals surface area contributed by atoms with Gasteiger partial charge in [0, 0.05) is 19.5 Å². The van der Waals surface area contributed by atoms with Crippen LogP contribution in [0.25, 0.3) is 0 Å². The molecular formula is C6H6ClF2NO. The molecule has 1 spiro atoms. The Bertz CT molecular complexity index is 225. The minimum atomic E-state index is -2.55. The first-order valence-electron chi connectivity index (χ1n) is 3.29. The van der Waals surface area contributed by atoms with E-state index in [4.69, 9.17) is 11.6 Å². The third-order valence-corrected chi connectivity index (χ3v) is 2.69. The van der Waals surface area contributed by atoms with Crippen molar-refractivity contribution in [3.8, 4) is 0 Å². The highest BCUT2D eigenvalue weighted by Crippen LogP contribution is 2.65. The van der Waals surface area contributed by atoms with Crippen molar-refractivity contribution in [2.24, 2.45) is 5.41 Å². The van der Waals surface area contributed by atoms with Crippen LogP contribution in [0.2, 0.25) is 0 Å². The van der Waals surface area contributed by atoms with Crippen LogP contribution < -0.4 is 0 Å². The van der Waals surface area contributed by atoms with E-state index in [1.807, 2.05) is 0 Å². The van der Waals surface area contributed by atoms with Crippen molar-refractivity contribution < 1.29 is 13.6 Å². The monoisotopic (exact) mass is 181 g/mol. The number of alkyl halides is 2. The standard InChI is InChI=1S/C6H6ClF2NO/c7-4(11)10-2-5(3-10)1-6(5,8)9/h1-3H2. The summed E-state index contributed by atoms with van der Waals surface area (Å²) in [5, 5.41) is -0.627. The molecule has 0 atom stereocenters. The summed E-state index contributed by atoms with van der Waals surface area (Å²) in [6, 6.07) is 0. The van der Waals surface area contributed by atoms with Crippen LogP contribution in [-0.2, 0) is 0 Å². The van der Waals surface area contributed by atoms with Crippen molar-refractivity contribution in [2.45, 2.75) is 12.3 Å². The number of hydrogen-bond donors (Lipinski definition) is 0. The van der Waals surface area contributed by atoms with Gasteiger partial charge < -0.3 is 4.90 Å². The van der Waals surface area contributed by atoms with Crippen LogP contribution in [0.5, 0.6) is 0 Å². The number of nitrogens with zero attached hydrogens (tertiary/aromatic N) is 1. The van der Waals surface area contributed by atoms with Crippen LogP contribution in [0.1, 0.15) is 6.42 Å². The van der Waals surface area contributed by atoms with E-state index in [1.54, 1.807) is 0 Å². The molecule has 1 aliphatic heterocycles. The summed E-state index contributed by atoms with van der Waals surface area (Å²) in [7, 11) is 0. The molecule has 2 fully saturated rings. The second kappa shape index (κ2) is 1.68. The van der Waals surface area contributed by atoms with Gasteiger partial charge in [-0.25, -0.2) is 8.78 Å². The Hall–Kier alpha value is -0.380. The fraction of sp³-hybridized carbons (Fsp3) is 0.833. The molecule has 1 heterocycles. The van der Waals surface area contributed by atoms with Crippen molar-refractivity contribution in [1.82, 2.24) is 4.90 Å². The molecule has 2 nitrogen and oxygen atoms in total. The van der Waals surface area contributed by atoms with Gasteiger partial charge >= 0.3 is 5.37 Å². The maximum Gasteiger partial charge on any atom is 0.316 e. The molecule has 1 saturated heterocycles. The first-order valence-corrected chi connectivity index (χ1v) is 3.67. The molecule has 1 amide bonds. The van der Waals surface area contributed by atoms with Gasteiger partial charge in [-0.2, -0.15) is 0 Å². The third kappa shape index (κ3) is 0.788. The fourth-order valence-electron chi connectivity index (χ4n) is 1.53. The minimum absolute atomic E-state index is 0.0827. The van der Waals surface area contributed by atoms with Gasteiger partial charge in [-0.3, -0.25) is 4.79 Å². The molecular weight excluding hydrogens is 176 g/mol. The lowest BCUT2D eigenvalue weighted by molar-refractivity contribution is -0.000606. The minimum Gasteiger partial charge on any atom is -0.328 e. The lowest BCUT2D eigenvalue weighted by Gasteiger charge is -2.38. The molecule has 0 aromatic rings. The Balaban J connectivity index is 1.95. The summed E-state index contributed by atoms with van der Waals surface area (Å²) >= 11 is 5.07.